The second-order valence-corrected chi connectivity index (χ2v) is 14.8. The Labute approximate surface area is 332 Å². The van der Waals surface area contributed by atoms with Gasteiger partial charge >= 0.3 is 0 Å². The Kier molecular flexibility index (Phi) is 8.68. The van der Waals surface area contributed by atoms with Crippen LogP contribution in [0, 0.1) is 0 Å². The predicted molar refractivity (Wildman–Crippen MR) is 235 cm³/mol. The van der Waals surface area contributed by atoms with Gasteiger partial charge in [0.2, 0.25) is 17.2 Å². The number of para-hydroxylation sites is 2. The van der Waals surface area contributed by atoms with E-state index in [9.17, 15) is 25.5 Å². The third-order valence-electron chi connectivity index (χ3n) is 10.4. The number of nitrogens with zero attached hydrogens (tertiary/aromatic N) is 2. The van der Waals surface area contributed by atoms with Gasteiger partial charge in [-0.15, -0.1) is 11.3 Å². The first-order chi connectivity index (χ1) is 27.8. The Morgan fingerprint density at radius 3 is 1.96 bits per heavy atom. The molecule has 0 saturated heterocycles. The molecular weight excluding hydrogens is 729 g/mol. The van der Waals surface area contributed by atoms with Gasteiger partial charge in [0.05, 0.1) is 21.4 Å². The monoisotopic (exact) mass is 764 g/mol. The number of phenols is 5. The normalized spacial score (nSPS) is 12.1. The van der Waals surface area contributed by atoms with Crippen LogP contribution >= 0.6 is 11.3 Å². The Morgan fingerprint density at radius 2 is 1.25 bits per heavy atom. The van der Waals surface area contributed by atoms with Crippen molar-refractivity contribution in [1.29, 1.82) is 0 Å². The fraction of sp³-hybridized carbons (Fsp3) is 0.0204. The van der Waals surface area contributed by atoms with Crippen molar-refractivity contribution < 1.29 is 25.5 Å². The molecule has 2 aromatic heterocycles. The number of anilines is 3. The largest absolute Gasteiger partial charge is 0.503 e. The number of benzene rings is 7. The van der Waals surface area contributed by atoms with E-state index in [2.05, 4.69) is 65.7 Å². The van der Waals surface area contributed by atoms with Gasteiger partial charge in [-0.1, -0.05) is 104 Å². The molecule has 0 atom stereocenters. The van der Waals surface area contributed by atoms with Crippen molar-refractivity contribution in [3.63, 3.8) is 0 Å². The molecule has 278 valence electrons. The van der Waals surface area contributed by atoms with Crippen molar-refractivity contribution in [3.8, 4) is 45.6 Å². The highest BCUT2D eigenvalue weighted by atomic mass is 32.1. The summed E-state index contributed by atoms with van der Waals surface area (Å²) in [5.74, 6) is -4.57. The maximum absolute atomic E-state index is 11.5. The molecule has 0 fully saturated rings. The second kappa shape index (κ2) is 14.0. The minimum Gasteiger partial charge on any atom is -0.503 e. The van der Waals surface area contributed by atoms with Crippen molar-refractivity contribution in [2.45, 2.75) is 6.92 Å². The molecule has 7 nitrogen and oxygen atoms in total. The first kappa shape index (κ1) is 35.3. The van der Waals surface area contributed by atoms with E-state index in [0.717, 1.165) is 69.9 Å². The molecule has 5 N–H and O–H groups in total. The zero-order chi connectivity index (χ0) is 39.4. The van der Waals surface area contributed by atoms with Gasteiger partial charge < -0.3 is 35.0 Å². The van der Waals surface area contributed by atoms with Crippen LogP contribution in [0.1, 0.15) is 12.5 Å². The summed E-state index contributed by atoms with van der Waals surface area (Å²) in [7, 11) is 0. The first-order valence-corrected chi connectivity index (χ1v) is 19.2. The Morgan fingerprint density at radius 1 is 0.614 bits per heavy atom. The standard InChI is InChI=1S/C49H36N2O5S/c1-3-5-13-29(4-2)30-20-23-34(24-21-30)51(43-44(52)46(54)48(56)47(55)45(43)53)41-28-32(27-38-36-17-10-12-19-42(36)57-49(38)41)31-22-25-40-37(26-31)35-16-9-11-18-39(35)50(40)33-14-7-6-8-15-33/h3-28,52-56H,2H2,1H3/b5-3-,29-13+. The number of rotatable bonds is 8. The van der Waals surface area contributed by atoms with Gasteiger partial charge in [0.1, 0.15) is 5.69 Å². The molecule has 0 unspecified atom stereocenters. The number of hydrogen-bond donors (Lipinski definition) is 5. The van der Waals surface area contributed by atoms with E-state index in [1.54, 1.807) is 22.3 Å². The van der Waals surface area contributed by atoms with Crippen LogP contribution in [0.25, 0.3) is 64.4 Å². The lowest BCUT2D eigenvalue weighted by Gasteiger charge is -2.28. The van der Waals surface area contributed by atoms with Crippen molar-refractivity contribution in [2.75, 3.05) is 4.90 Å². The molecule has 7 aromatic carbocycles. The summed E-state index contributed by atoms with van der Waals surface area (Å²) in [5, 5.41) is 59.4. The molecule has 0 amide bonds. The fourth-order valence-electron chi connectivity index (χ4n) is 7.71. The van der Waals surface area contributed by atoms with Crippen LogP contribution in [-0.4, -0.2) is 30.1 Å². The number of phenolic OH excluding ortho intramolecular Hbond substituents is 5. The number of hydrogen-bond acceptors (Lipinski definition) is 7. The Hall–Kier alpha value is -7.42. The summed E-state index contributed by atoms with van der Waals surface area (Å²) in [6.07, 6.45) is 7.57. The van der Waals surface area contributed by atoms with E-state index in [1.807, 2.05) is 104 Å². The summed E-state index contributed by atoms with van der Waals surface area (Å²) in [5.41, 5.74) is 7.51. The molecule has 2 heterocycles. The maximum Gasteiger partial charge on any atom is 0.208 e. The van der Waals surface area contributed by atoms with Crippen molar-refractivity contribution >= 4 is 76.0 Å². The van der Waals surface area contributed by atoms with Gasteiger partial charge in [-0.3, -0.25) is 0 Å². The minimum atomic E-state index is -1.03. The molecule has 9 rings (SSSR count). The molecule has 0 aliphatic rings. The van der Waals surface area contributed by atoms with E-state index in [4.69, 9.17) is 0 Å². The summed E-state index contributed by atoms with van der Waals surface area (Å²) < 4.78 is 4.12. The molecule has 0 bridgehead atoms. The van der Waals surface area contributed by atoms with E-state index in [0.29, 0.717) is 11.4 Å². The highest BCUT2D eigenvalue weighted by Crippen LogP contribution is 2.59. The summed E-state index contributed by atoms with van der Waals surface area (Å²) in [6.45, 7) is 5.92. The molecule has 0 spiro atoms. The quantitative estimate of drug-likeness (QED) is 0.0599. The van der Waals surface area contributed by atoms with Crippen molar-refractivity contribution in [1.82, 2.24) is 4.57 Å². The number of fused-ring (bicyclic) bond motifs is 6. The minimum absolute atomic E-state index is 0.304. The lowest BCUT2D eigenvalue weighted by molar-refractivity contribution is 0.329. The van der Waals surface area contributed by atoms with E-state index in [-0.39, 0.29) is 5.69 Å². The average Bonchev–Trinajstić information content (AvgIpc) is 3.80. The van der Waals surface area contributed by atoms with Gasteiger partial charge in [0.25, 0.3) is 0 Å². The van der Waals surface area contributed by atoms with Crippen LogP contribution in [0.2, 0.25) is 0 Å². The molecule has 0 radical (unpaired) electrons. The SMILES string of the molecule is C=C/C(=C\C=C/C)c1ccc(N(c2c(O)c(O)c(O)c(O)c2O)c2cc(-c3ccc4c(c3)c3ccccc3n4-c3ccccc3)cc3c2sc2ccccc23)cc1. The number of aromatic nitrogens is 1. The number of thiophene rings is 1. The summed E-state index contributed by atoms with van der Waals surface area (Å²) in [4.78, 5) is 1.61. The van der Waals surface area contributed by atoms with Gasteiger partial charge in [-0.2, -0.15) is 0 Å². The third-order valence-corrected chi connectivity index (χ3v) is 11.6. The lowest BCUT2D eigenvalue weighted by atomic mass is 9.98. The molecule has 0 aliphatic carbocycles. The summed E-state index contributed by atoms with van der Waals surface area (Å²) >= 11 is 1.55. The van der Waals surface area contributed by atoms with Crippen LogP contribution in [-0.2, 0) is 0 Å². The van der Waals surface area contributed by atoms with Crippen LogP contribution in [0.4, 0.5) is 17.1 Å². The highest BCUT2D eigenvalue weighted by Gasteiger charge is 2.31. The third kappa shape index (κ3) is 5.73. The van der Waals surface area contributed by atoms with E-state index in [1.165, 1.54) is 0 Å². The predicted octanol–water partition coefficient (Wildman–Crippen LogP) is 13.0. The average molecular weight is 765 g/mol. The molecule has 0 aliphatic heterocycles. The van der Waals surface area contributed by atoms with Crippen LogP contribution in [0.15, 0.2) is 164 Å². The van der Waals surface area contributed by atoms with Crippen LogP contribution < -0.4 is 4.90 Å². The molecule has 57 heavy (non-hydrogen) atoms. The highest BCUT2D eigenvalue weighted by molar-refractivity contribution is 7.26. The zero-order valence-electron chi connectivity index (χ0n) is 30.8. The van der Waals surface area contributed by atoms with Crippen LogP contribution in [0.3, 0.4) is 0 Å². The smallest absolute Gasteiger partial charge is 0.208 e. The van der Waals surface area contributed by atoms with Crippen LogP contribution in [0.5, 0.6) is 28.7 Å². The van der Waals surface area contributed by atoms with Gasteiger partial charge in [-0.25, -0.2) is 0 Å². The number of aromatic hydroxyl groups is 5. The maximum atomic E-state index is 11.5. The van der Waals surface area contributed by atoms with Crippen molar-refractivity contribution in [2.24, 2.45) is 0 Å². The van der Waals surface area contributed by atoms with Crippen molar-refractivity contribution in [3.05, 3.63) is 170 Å². The van der Waals surface area contributed by atoms with Gasteiger partial charge in [0, 0.05) is 37.6 Å². The number of allylic oxidation sites excluding steroid dienone is 5. The zero-order valence-corrected chi connectivity index (χ0v) is 31.6. The first-order valence-electron chi connectivity index (χ1n) is 18.4. The van der Waals surface area contributed by atoms with E-state index < -0.39 is 28.7 Å². The fourth-order valence-corrected chi connectivity index (χ4v) is 8.90. The molecule has 8 heteroatoms. The van der Waals surface area contributed by atoms with Gasteiger partial charge in [0.15, 0.2) is 11.5 Å². The Bertz CT molecular complexity index is 3070. The lowest BCUT2D eigenvalue weighted by Crippen LogP contribution is -2.11. The molecule has 0 saturated carbocycles. The second-order valence-electron chi connectivity index (χ2n) is 13.7. The molecular formula is C49H36N2O5S. The summed E-state index contributed by atoms with van der Waals surface area (Å²) in [6, 6.07) is 44.8. The topological polar surface area (TPSA) is 109 Å². The van der Waals surface area contributed by atoms with Gasteiger partial charge in [-0.05, 0) is 89.9 Å². The molecule has 9 aromatic rings. The van der Waals surface area contributed by atoms with E-state index >= 15 is 0 Å². The Balaban J connectivity index is 1.34.